The molecule has 0 bridgehead atoms. The summed E-state index contributed by atoms with van der Waals surface area (Å²) in [4.78, 5) is 11.9. The van der Waals surface area contributed by atoms with Gasteiger partial charge in [-0.1, -0.05) is 84.5 Å². The molecule has 0 fully saturated rings. The molecule has 0 saturated heterocycles. The van der Waals surface area contributed by atoms with Crippen LogP contribution in [-0.2, 0) is 4.79 Å². The van der Waals surface area contributed by atoms with Crippen LogP contribution in [0.2, 0.25) is 0 Å². The summed E-state index contributed by atoms with van der Waals surface area (Å²) in [5.41, 5.74) is 5.20. The molecule has 0 spiro atoms. The smallest absolute Gasteiger partial charge is 0.224 e. The lowest BCUT2D eigenvalue weighted by Crippen LogP contribution is -2.38. The number of carbonyl (C=O) groups excluding carboxylic acids is 1. The molecule has 0 aliphatic heterocycles. The zero-order chi connectivity index (χ0) is 16.0. The number of primary amides is 1. The number of hydrogen-bond acceptors (Lipinski definition) is 1. The second-order valence-electron chi connectivity index (χ2n) is 6.46. The summed E-state index contributed by atoms with van der Waals surface area (Å²) < 4.78 is 0. The van der Waals surface area contributed by atoms with Gasteiger partial charge in [-0.25, -0.2) is 0 Å². The van der Waals surface area contributed by atoms with Gasteiger partial charge in [0, 0.05) is 5.88 Å². The molecule has 0 aromatic heterocycles. The number of unbranched alkanes of at least 4 members (excludes halogenated alkanes) is 9. The Kier molecular flexibility index (Phi) is 13.3. The number of alkyl halides is 1. The van der Waals surface area contributed by atoms with Crippen LogP contribution in [0.25, 0.3) is 0 Å². The van der Waals surface area contributed by atoms with Gasteiger partial charge < -0.3 is 5.73 Å². The van der Waals surface area contributed by atoms with Crippen molar-refractivity contribution in [2.24, 2.45) is 11.1 Å². The van der Waals surface area contributed by atoms with Crippen molar-refractivity contribution in [2.75, 3.05) is 5.88 Å². The van der Waals surface area contributed by atoms with Crippen LogP contribution in [0, 0.1) is 5.41 Å². The van der Waals surface area contributed by atoms with E-state index in [-0.39, 0.29) is 5.91 Å². The molecule has 1 amide bonds. The largest absolute Gasteiger partial charge is 0.369 e. The van der Waals surface area contributed by atoms with Gasteiger partial charge in [0.05, 0.1) is 5.41 Å². The molecule has 0 heterocycles. The van der Waals surface area contributed by atoms with Gasteiger partial charge in [0.1, 0.15) is 0 Å². The molecule has 0 saturated carbocycles. The second-order valence-corrected chi connectivity index (χ2v) is 6.73. The molecular weight excluding hydrogens is 282 g/mol. The lowest BCUT2D eigenvalue weighted by atomic mass is 9.79. The number of halogens is 1. The summed E-state index contributed by atoms with van der Waals surface area (Å²) >= 11 is 6.12. The van der Waals surface area contributed by atoms with E-state index < -0.39 is 5.41 Å². The fourth-order valence-corrected chi connectivity index (χ4v) is 3.28. The van der Waals surface area contributed by atoms with Crippen molar-refractivity contribution < 1.29 is 4.79 Å². The highest BCUT2D eigenvalue weighted by Gasteiger charge is 2.34. The first kappa shape index (κ1) is 20.8. The Hall–Kier alpha value is -0.240. The Bertz CT molecular complexity index is 258. The van der Waals surface area contributed by atoms with E-state index >= 15 is 0 Å². The summed E-state index contributed by atoms with van der Waals surface area (Å²) in [6, 6.07) is 0. The van der Waals surface area contributed by atoms with E-state index in [1.165, 1.54) is 57.8 Å². The number of amides is 1. The molecule has 0 radical (unpaired) electrons. The van der Waals surface area contributed by atoms with Crippen molar-refractivity contribution in [2.45, 2.75) is 97.3 Å². The molecule has 2 nitrogen and oxygen atoms in total. The van der Waals surface area contributed by atoms with Crippen LogP contribution in [0.1, 0.15) is 97.3 Å². The van der Waals surface area contributed by atoms with Gasteiger partial charge in [-0.05, 0) is 12.8 Å². The topological polar surface area (TPSA) is 43.1 Å². The van der Waals surface area contributed by atoms with E-state index in [9.17, 15) is 4.79 Å². The molecule has 0 aliphatic carbocycles. The number of carbonyl (C=O) groups is 1. The lowest BCUT2D eigenvalue weighted by Gasteiger charge is -2.28. The number of rotatable bonds is 15. The maximum absolute atomic E-state index is 11.9. The Labute approximate surface area is 137 Å². The van der Waals surface area contributed by atoms with Crippen LogP contribution in [0.5, 0.6) is 0 Å². The molecule has 0 aromatic carbocycles. The van der Waals surface area contributed by atoms with Gasteiger partial charge >= 0.3 is 0 Å². The normalized spacial score (nSPS) is 14.0. The molecule has 21 heavy (non-hydrogen) atoms. The highest BCUT2D eigenvalue weighted by molar-refractivity contribution is 6.19. The van der Waals surface area contributed by atoms with Gasteiger partial charge in [0.15, 0.2) is 0 Å². The second kappa shape index (κ2) is 13.4. The monoisotopic (exact) mass is 317 g/mol. The summed E-state index contributed by atoms with van der Waals surface area (Å²) in [5.74, 6) is 0.187. The van der Waals surface area contributed by atoms with Gasteiger partial charge in [-0.15, -0.1) is 11.6 Å². The molecule has 0 rings (SSSR count). The average molecular weight is 318 g/mol. The van der Waals surface area contributed by atoms with Crippen LogP contribution in [-0.4, -0.2) is 11.8 Å². The molecule has 0 aliphatic rings. The van der Waals surface area contributed by atoms with Gasteiger partial charge in [0.25, 0.3) is 0 Å². The first-order valence-electron chi connectivity index (χ1n) is 8.98. The van der Waals surface area contributed by atoms with Crippen molar-refractivity contribution in [1.82, 2.24) is 0 Å². The SMILES string of the molecule is CCCCCCCCC(CCl)(CCCCCCC)C(N)=O. The third kappa shape index (κ3) is 9.39. The van der Waals surface area contributed by atoms with E-state index in [1.54, 1.807) is 0 Å². The predicted molar refractivity (Wildman–Crippen MR) is 93.7 cm³/mol. The van der Waals surface area contributed by atoms with E-state index in [0.29, 0.717) is 5.88 Å². The fourth-order valence-electron chi connectivity index (χ4n) is 2.88. The van der Waals surface area contributed by atoms with Crippen LogP contribution in [0.15, 0.2) is 0 Å². The van der Waals surface area contributed by atoms with Crippen molar-refractivity contribution in [3.8, 4) is 0 Å². The van der Waals surface area contributed by atoms with Crippen molar-refractivity contribution in [1.29, 1.82) is 0 Å². The van der Waals surface area contributed by atoms with Gasteiger partial charge in [0.2, 0.25) is 5.91 Å². The number of hydrogen-bond donors (Lipinski definition) is 1. The Morgan fingerprint density at radius 2 is 1.19 bits per heavy atom. The van der Waals surface area contributed by atoms with E-state index in [0.717, 1.165) is 25.7 Å². The quantitative estimate of drug-likeness (QED) is 0.300. The maximum Gasteiger partial charge on any atom is 0.224 e. The minimum atomic E-state index is -0.460. The van der Waals surface area contributed by atoms with E-state index in [2.05, 4.69) is 13.8 Å². The maximum atomic E-state index is 11.9. The fraction of sp³-hybridized carbons (Fsp3) is 0.944. The summed E-state index contributed by atoms with van der Waals surface area (Å²) in [6.07, 6.45) is 15.2. The Morgan fingerprint density at radius 1 is 0.810 bits per heavy atom. The molecule has 0 aromatic rings. The molecule has 3 heteroatoms. The summed E-state index contributed by atoms with van der Waals surface area (Å²) in [5, 5.41) is 0. The first-order valence-corrected chi connectivity index (χ1v) is 9.52. The first-order chi connectivity index (χ1) is 10.1. The highest BCUT2D eigenvalue weighted by atomic mass is 35.5. The standard InChI is InChI=1S/C18H36ClNO/c1-3-5-7-9-11-13-15-18(16-19,17(20)21)14-12-10-8-6-4-2/h3-16H2,1-2H3,(H2,20,21). The van der Waals surface area contributed by atoms with Crippen LogP contribution in [0.3, 0.4) is 0 Å². The minimum absolute atomic E-state index is 0.193. The average Bonchev–Trinajstić information content (AvgIpc) is 2.48. The van der Waals surface area contributed by atoms with E-state index in [4.69, 9.17) is 17.3 Å². The molecule has 2 N–H and O–H groups in total. The van der Waals surface area contributed by atoms with Crippen LogP contribution < -0.4 is 5.73 Å². The molecule has 1 atom stereocenters. The van der Waals surface area contributed by atoms with Crippen LogP contribution >= 0.6 is 11.6 Å². The molecular formula is C18H36ClNO. The molecule has 1 unspecified atom stereocenters. The zero-order valence-electron chi connectivity index (χ0n) is 14.3. The van der Waals surface area contributed by atoms with Gasteiger partial charge in [-0.2, -0.15) is 0 Å². The van der Waals surface area contributed by atoms with Crippen molar-refractivity contribution >= 4 is 17.5 Å². The lowest BCUT2D eigenvalue weighted by molar-refractivity contribution is -0.127. The van der Waals surface area contributed by atoms with Crippen molar-refractivity contribution in [3.63, 3.8) is 0 Å². The highest BCUT2D eigenvalue weighted by Crippen LogP contribution is 2.33. The third-order valence-corrected chi connectivity index (χ3v) is 5.06. The van der Waals surface area contributed by atoms with E-state index in [1.807, 2.05) is 0 Å². The third-order valence-electron chi connectivity index (χ3n) is 4.55. The Balaban J connectivity index is 4.07. The Morgan fingerprint density at radius 3 is 1.52 bits per heavy atom. The minimum Gasteiger partial charge on any atom is -0.369 e. The summed E-state index contributed by atoms with van der Waals surface area (Å²) in [7, 11) is 0. The number of nitrogens with two attached hydrogens (primary N) is 1. The van der Waals surface area contributed by atoms with Gasteiger partial charge in [-0.3, -0.25) is 4.79 Å². The zero-order valence-corrected chi connectivity index (χ0v) is 15.0. The molecule has 126 valence electrons. The summed E-state index contributed by atoms with van der Waals surface area (Å²) in [6.45, 7) is 4.44. The van der Waals surface area contributed by atoms with Crippen molar-refractivity contribution in [3.05, 3.63) is 0 Å². The predicted octanol–water partition coefficient (Wildman–Crippen LogP) is 5.81. The van der Waals surface area contributed by atoms with Crippen LogP contribution in [0.4, 0.5) is 0 Å².